The van der Waals surface area contributed by atoms with Crippen LogP contribution in [0.4, 0.5) is 11.4 Å². The Morgan fingerprint density at radius 2 is 1.11 bits per heavy atom. The number of anilines is 2. The highest BCUT2D eigenvalue weighted by atomic mass is 16.5. The molecular formula is C21H19N3O4. The van der Waals surface area contributed by atoms with Gasteiger partial charge in [0.2, 0.25) is 0 Å². The summed E-state index contributed by atoms with van der Waals surface area (Å²) in [6.45, 7) is 0. The average molecular weight is 377 g/mol. The lowest BCUT2D eigenvalue weighted by Gasteiger charge is -2.11. The van der Waals surface area contributed by atoms with Gasteiger partial charge in [0.1, 0.15) is 22.9 Å². The molecule has 0 unspecified atom stereocenters. The zero-order valence-electron chi connectivity index (χ0n) is 15.4. The van der Waals surface area contributed by atoms with E-state index >= 15 is 0 Å². The Bertz CT molecular complexity index is 927. The van der Waals surface area contributed by atoms with Crippen LogP contribution in [-0.4, -0.2) is 31.0 Å². The number of amides is 2. The number of carbonyl (C=O) groups excluding carboxylic acids is 2. The number of rotatable bonds is 6. The van der Waals surface area contributed by atoms with Gasteiger partial charge in [0.15, 0.2) is 0 Å². The normalized spacial score (nSPS) is 10.1. The molecule has 0 spiro atoms. The van der Waals surface area contributed by atoms with Gasteiger partial charge in [-0.25, -0.2) is 4.98 Å². The predicted octanol–water partition coefficient (Wildman–Crippen LogP) is 3.60. The maximum atomic E-state index is 12.5. The van der Waals surface area contributed by atoms with Gasteiger partial charge in [-0.2, -0.15) is 0 Å². The standard InChI is InChI=1S/C21H19N3O4/c1-27-18-12-5-3-8-14(18)23-20(25)16-10-7-11-17(22-16)21(26)24-15-9-4-6-13-19(15)28-2/h3-13H,1-2H3,(H,23,25)(H,24,26). The molecule has 0 atom stereocenters. The molecule has 0 radical (unpaired) electrons. The quantitative estimate of drug-likeness (QED) is 0.685. The van der Waals surface area contributed by atoms with Crippen molar-refractivity contribution in [3.63, 3.8) is 0 Å². The number of carbonyl (C=O) groups is 2. The first-order valence-electron chi connectivity index (χ1n) is 8.48. The molecule has 1 aromatic heterocycles. The topological polar surface area (TPSA) is 89.5 Å². The summed E-state index contributed by atoms with van der Waals surface area (Å²) in [4.78, 5) is 29.2. The second-order valence-electron chi connectivity index (χ2n) is 5.72. The molecule has 0 aliphatic heterocycles. The predicted molar refractivity (Wildman–Crippen MR) is 106 cm³/mol. The Balaban J connectivity index is 1.78. The van der Waals surface area contributed by atoms with Crippen molar-refractivity contribution < 1.29 is 19.1 Å². The highest BCUT2D eigenvalue weighted by molar-refractivity contribution is 6.06. The lowest BCUT2D eigenvalue weighted by Crippen LogP contribution is -2.19. The van der Waals surface area contributed by atoms with Crippen LogP contribution in [0.15, 0.2) is 66.7 Å². The fraction of sp³-hybridized carbons (Fsp3) is 0.0952. The summed E-state index contributed by atoms with van der Waals surface area (Å²) in [5.41, 5.74) is 1.25. The molecule has 0 saturated carbocycles. The largest absolute Gasteiger partial charge is 0.495 e. The van der Waals surface area contributed by atoms with Crippen LogP contribution < -0.4 is 20.1 Å². The summed E-state index contributed by atoms with van der Waals surface area (Å²) in [5, 5.41) is 5.47. The minimum absolute atomic E-state index is 0.110. The van der Waals surface area contributed by atoms with Gasteiger partial charge in [-0.1, -0.05) is 30.3 Å². The van der Waals surface area contributed by atoms with Gasteiger partial charge in [0.25, 0.3) is 11.8 Å². The summed E-state index contributed by atoms with van der Waals surface area (Å²) >= 11 is 0. The van der Waals surface area contributed by atoms with Gasteiger partial charge in [-0.15, -0.1) is 0 Å². The number of methoxy groups -OCH3 is 2. The van der Waals surface area contributed by atoms with Crippen LogP contribution in [0.2, 0.25) is 0 Å². The van der Waals surface area contributed by atoms with E-state index in [4.69, 9.17) is 9.47 Å². The maximum Gasteiger partial charge on any atom is 0.274 e. The van der Waals surface area contributed by atoms with Crippen molar-refractivity contribution >= 4 is 23.2 Å². The molecule has 0 saturated heterocycles. The number of para-hydroxylation sites is 4. The molecule has 7 nitrogen and oxygen atoms in total. The molecule has 0 bridgehead atoms. The molecule has 0 aliphatic rings. The molecule has 2 aromatic carbocycles. The number of pyridine rings is 1. The fourth-order valence-corrected chi connectivity index (χ4v) is 2.56. The molecule has 1 heterocycles. The first kappa shape index (κ1) is 18.9. The molecular weight excluding hydrogens is 358 g/mol. The number of nitrogens with zero attached hydrogens (tertiary/aromatic N) is 1. The van der Waals surface area contributed by atoms with Crippen molar-refractivity contribution in [1.82, 2.24) is 4.98 Å². The molecule has 3 aromatic rings. The molecule has 3 rings (SSSR count). The molecule has 142 valence electrons. The second-order valence-corrected chi connectivity index (χ2v) is 5.72. The Hall–Kier alpha value is -3.87. The molecule has 28 heavy (non-hydrogen) atoms. The zero-order chi connectivity index (χ0) is 19.9. The molecule has 0 fully saturated rings. The summed E-state index contributed by atoms with van der Waals surface area (Å²) in [6.07, 6.45) is 0. The summed E-state index contributed by atoms with van der Waals surface area (Å²) < 4.78 is 10.4. The third-order valence-electron chi connectivity index (χ3n) is 3.92. The van der Waals surface area contributed by atoms with Gasteiger partial charge < -0.3 is 20.1 Å². The highest BCUT2D eigenvalue weighted by Crippen LogP contribution is 2.24. The summed E-state index contributed by atoms with van der Waals surface area (Å²) in [5.74, 6) is 0.162. The minimum atomic E-state index is -0.448. The molecule has 0 aliphatic carbocycles. The van der Waals surface area contributed by atoms with E-state index in [-0.39, 0.29) is 11.4 Å². The van der Waals surface area contributed by atoms with Crippen LogP contribution in [0.25, 0.3) is 0 Å². The fourth-order valence-electron chi connectivity index (χ4n) is 2.56. The SMILES string of the molecule is COc1ccccc1NC(=O)c1cccc(C(=O)Nc2ccccc2OC)n1. The Morgan fingerprint density at radius 3 is 1.54 bits per heavy atom. The van der Waals surface area contributed by atoms with E-state index in [0.29, 0.717) is 22.9 Å². The third-order valence-corrected chi connectivity index (χ3v) is 3.92. The summed E-state index contributed by atoms with van der Waals surface area (Å²) in [7, 11) is 3.04. The van der Waals surface area contributed by atoms with Crippen molar-refractivity contribution in [1.29, 1.82) is 0 Å². The van der Waals surface area contributed by atoms with E-state index < -0.39 is 11.8 Å². The molecule has 2 amide bonds. The number of nitrogens with one attached hydrogen (secondary N) is 2. The number of hydrogen-bond donors (Lipinski definition) is 2. The van der Waals surface area contributed by atoms with Gasteiger partial charge in [-0.05, 0) is 36.4 Å². The number of aromatic nitrogens is 1. The lowest BCUT2D eigenvalue weighted by molar-refractivity contribution is 0.101. The van der Waals surface area contributed by atoms with Crippen molar-refractivity contribution in [2.45, 2.75) is 0 Å². The van der Waals surface area contributed by atoms with Crippen LogP contribution in [0, 0.1) is 0 Å². The van der Waals surface area contributed by atoms with Gasteiger partial charge in [0, 0.05) is 0 Å². The van der Waals surface area contributed by atoms with Crippen molar-refractivity contribution in [2.24, 2.45) is 0 Å². The van der Waals surface area contributed by atoms with Crippen LogP contribution in [0.1, 0.15) is 21.0 Å². The third kappa shape index (κ3) is 4.27. The number of ether oxygens (including phenoxy) is 2. The first-order chi connectivity index (χ1) is 13.6. The van der Waals surface area contributed by atoms with Crippen LogP contribution in [0.5, 0.6) is 11.5 Å². The Kier molecular flexibility index (Phi) is 5.86. The maximum absolute atomic E-state index is 12.5. The second kappa shape index (κ2) is 8.68. The number of benzene rings is 2. The Labute approximate surface area is 162 Å². The van der Waals surface area contributed by atoms with Gasteiger partial charge >= 0.3 is 0 Å². The van der Waals surface area contributed by atoms with Gasteiger partial charge in [-0.3, -0.25) is 9.59 Å². The first-order valence-corrected chi connectivity index (χ1v) is 8.48. The summed E-state index contributed by atoms with van der Waals surface area (Å²) in [6, 6.07) is 18.7. The lowest BCUT2D eigenvalue weighted by atomic mass is 10.2. The van der Waals surface area contributed by atoms with Crippen molar-refractivity contribution in [3.05, 3.63) is 78.1 Å². The van der Waals surface area contributed by atoms with Crippen LogP contribution in [0.3, 0.4) is 0 Å². The molecule has 7 heteroatoms. The van der Waals surface area contributed by atoms with Crippen LogP contribution in [-0.2, 0) is 0 Å². The van der Waals surface area contributed by atoms with E-state index in [2.05, 4.69) is 15.6 Å². The minimum Gasteiger partial charge on any atom is -0.495 e. The van der Waals surface area contributed by atoms with Gasteiger partial charge in [0.05, 0.1) is 25.6 Å². The van der Waals surface area contributed by atoms with Crippen molar-refractivity contribution in [2.75, 3.05) is 24.9 Å². The Morgan fingerprint density at radius 1 is 0.679 bits per heavy atom. The van der Waals surface area contributed by atoms with E-state index in [0.717, 1.165) is 0 Å². The zero-order valence-corrected chi connectivity index (χ0v) is 15.4. The van der Waals surface area contributed by atoms with Crippen LogP contribution >= 0.6 is 0 Å². The smallest absolute Gasteiger partial charge is 0.274 e. The molecule has 2 N–H and O–H groups in total. The van der Waals surface area contributed by atoms with E-state index in [1.54, 1.807) is 54.6 Å². The average Bonchev–Trinajstić information content (AvgIpc) is 2.74. The van der Waals surface area contributed by atoms with E-state index in [9.17, 15) is 9.59 Å². The number of hydrogen-bond acceptors (Lipinski definition) is 5. The van der Waals surface area contributed by atoms with Crippen molar-refractivity contribution in [3.8, 4) is 11.5 Å². The monoisotopic (exact) mass is 377 g/mol. The highest BCUT2D eigenvalue weighted by Gasteiger charge is 2.15. The van der Waals surface area contributed by atoms with E-state index in [1.165, 1.54) is 26.4 Å². The van der Waals surface area contributed by atoms with E-state index in [1.807, 2.05) is 0 Å².